The number of benzene rings is 1. The van der Waals surface area contributed by atoms with Crippen LogP contribution in [0.5, 0.6) is 0 Å². The van der Waals surface area contributed by atoms with Crippen LogP contribution < -0.4 is 5.32 Å². The molecule has 1 heterocycles. The molecule has 5 nitrogen and oxygen atoms in total. The van der Waals surface area contributed by atoms with Gasteiger partial charge >= 0.3 is 5.97 Å². The third-order valence-electron chi connectivity index (χ3n) is 3.64. The van der Waals surface area contributed by atoms with E-state index in [9.17, 15) is 9.59 Å². The number of methoxy groups -OCH3 is 1. The number of carbonyl (C=O) groups is 2. The van der Waals surface area contributed by atoms with Gasteiger partial charge in [0.1, 0.15) is 5.58 Å². The quantitative estimate of drug-likeness (QED) is 0.797. The second-order valence-electron chi connectivity index (χ2n) is 6.14. The van der Waals surface area contributed by atoms with Gasteiger partial charge in [0.25, 0.3) is 0 Å². The lowest BCUT2D eigenvalue weighted by molar-refractivity contribution is -0.141. The Kier molecular flexibility index (Phi) is 5.79. The summed E-state index contributed by atoms with van der Waals surface area (Å²) < 4.78 is 9.99. The molecule has 0 saturated heterocycles. The second kappa shape index (κ2) is 7.81. The molecule has 1 N–H and O–H groups in total. The first-order chi connectivity index (χ1) is 11.0. The molecule has 1 amide bonds. The molecule has 1 aromatic heterocycles. The van der Waals surface area contributed by atoms with Crippen LogP contribution in [-0.4, -0.2) is 25.0 Å². The van der Waals surface area contributed by atoms with E-state index in [-0.39, 0.29) is 30.8 Å². The van der Waals surface area contributed by atoms with Gasteiger partial charge in [0, 0.05) is 11.4 Å². The van der Waals surface area contributed by atoms with E-state index in [1.165, 1.54) is 7.11 Å². The van der Waals surface area contributed by atoms with Crippen LogP contribution in [0.2, 0.25) is 0 Å². The molecular formula is C18H23NO4. The first-order valence-corrected chi connectivity index (χ1v) is 7.80. The van der Waals surface area contributed by atoms with Crippen molar-refractivity contribution >= 4 is 22.8 Å². The molecule has 2 aromatic rings. The number of amides is 1. The molecular weight excluding hydrogens is 294 g/mol. The zero-order valence-electron chi connectivity index (χ0n) is 13.8. The summed E-state index contributed by atoms with van der Waals surface area (Å²) >= 11 is 0. The minimum absolute atomic E-state index is 0.0950. The zero-order chi connectivity index (χ0) is 16.8. The molecule has 0 spiro atoms. The van der Waals surface area contributed by atoms with Gasteiger partial charge in [-0.25, -0.2) is 0 Å². The van der Waals surface area contributed by atoms with Crippen LogP contribution in [0.4, 0.5) is 0 Å². The van der Waals surface area contributed by atoms with E-state index in [1.807, 2.05) is 24.3 Å². The fourth-order valence-electron chi connectivity index (χ4n) is 2.64. The Bertz CT molecular complexity index is 674. The second-order valence-corrected chi connectivity index (χ2v) is 6.14. The van der Waals surface area contributed by atoms with Crippen molar-refractivity contribution in [2.75, 3.05) is 7.11 Å². The van der Waals surface area contributed by atoms with Crippen molar-refractivity contribution in [1.82, 2.24) is 5.32 Å². The van der Waals surface area contributed by atoms with E-state index >= 15 is 0 Å². The number of furan rings is 1. The molecule has 124 valence electrons. The minimum atomic E-state index is -0.309. The first-order valence-electron chi connectivity index (χ1n) is 7.80. The van der Waals surface area contributed by atoms with Crippen molar-refractivity contribution in [2.24, 2.45) is 5.92 Å². The first kappa shape index (κ1) is 17.1. The molecule has 1 aromatic carbocycles. The molecule has 0 aliphatic heterocycles. The van der Waals surface area contributed by atoms with E-state index in [1.54, 1.807) is 6.26 Å². The predicted octanol–water partition coefficient (Wildman–Crippen LogP) is 3.07. The third-order valence-corrected chi connectivity index (χ3v) is 3.64. The molecule has 1 atom stereocenters. The van der Waals surface area contributed by atoms with Crippen molar-refractivity contribution in [3.8, 4) is 0 Å². The van der Waals surface area contributed by atoms with Crippen molar-refractivity contribution in [2.45, 2.75) is 39.2 Å². The lowest BCUT2D eigenvalue weighted by Gasteiger charge is -2.19. The summed E-state index contributed by atoms with van der Waals surface area (Å²) in [4.78, 5) is 23.7. The van der Waals surface area contributed by atoms with E-state index < -0.39 is 0 Å². The number of hydrogen-bond acceptors (Lipinski definition) is 4. The van der Waals surface area contributed by atoms with Crippen molar-refractivity contribution < 1.29 is 18.7 Å². The Labute approximate surface area is 136 Å². The van der Waals surface area contributed by atoms with Crippen LogP contribution in [0.3, 0.4) is 0 Å². The predicted molar refractivity (Wildman–Crippen MR) is 87.9 cm³/mol. The highest BCUT2D eigenvalue weighted by Gasteiger charge is 2.18. The number of nitrogens with one attached hydrogen (secondary N) is 1. The van der Waals surface area contributed by atoms with Crippen LogP contribution in [0.15, 0.2) is 34.9 Å². The van der Waals surface area contributed by atoms with Gasteiger partial charge in [0.15, 0.2) is 0 Å². The summed E-state index contributed by atoms with van der Waals surface area (Å²) in [5, 5.41) is 3.92. The monoisotopic (exact) mass is 317 g/mol. The highest BCUT2D eigenvalue weighted by molar-refractivity contribution is 5.83. The number of hydrogen-bond donors (Lipinski definition) is 1. The lowest BCUT2D eigenvalue weighted by Crippen LogP contribution is -2.38. The number of fused-ring (bicyclic) bond motifs is 1. The molecule has 23 heavy (non-hydrogen) atoms. The van der Waals surface area contributed by atoms with Gasteiger partial charge in [-0.15, -0.1) is 0 Å². The van der Waals surface area contributed by atoms with Crippen molar-refractivity contribution in [3.63, 3.8) is 0 Å². The van der Waals surface area contributed by atoms with E-state index in [2.05, 4.69) is 19.2 Å². The summed E-state index contributed by atoms with van der Waals surface area (Å²) in [6.45, 7) is 4.12. The standard InChI is InChI=1S/C18H23NO4/c1-12(2)8-15(11-18(21)22-3)19-17(20)10-13-4-5-16-14(9-13)6-7-23-16/h4-7,9,12,15H,8,10-11H2,1-3H3,(H,19,20)/t15-/m1/s1. The normalized spacial score (nSPS) is 12.3. The average molecular weight is 317 g/mol. The minimum Gasteiger partial charge on any atom is -0.469 e. The molecule has 2 rings (SSSR count). The van der Waals surface area contributed by atoms with E-state index in [0.29, 0.717) is 5.92 Å². The highest BCUT2D eigenvalue weighted by atomic mass is 16.5. The van der Waals surface area contributed by atoms with Crippen LogP contribution in [-0.2, 0) is 20.7 Å². The summed E-state index contributed by atoms with van der Waals surface area (Å²) in [5.41, 5.74) is 1.72. The lowest BCUT2D eigenvalue weighted by atomic mass is 10.0. The Morgan fingerprint density at radius 3 is 2.74 bits per heavy atom. The van der Waals surface area contributed by atoms with Crippen molar-refractivity contribution in [1.29, 1.82) is 0 Å². The molecule has 0 aliphatic carbocycles. The van der Waals surface area contributed by atoms with Gasteiger partial charge in [-0.05, 0) is 36.1 Å². The van der Waals surface area contributed by atoms with Crippen LogP contribution >= 0.6 is 0 Å². The zero-order valence-corrected chi connectivity index (χ0v) is 13.8. The van der Waals surface area contributed by atoms with E-state index in [4.69, 9.17) is 9.15 Å². The summed E-state index contributed by atoms with van der Waals surface area (Å²) in [6, 6.07) is 7.35. The maximum absolute atomic E-state index is 12.3. The van der Waals surface area contributed by atoms with Gasteiger partial charge in [0.2, 0.25) is 5.91 Å². The molecule has 0 radical (unpaired) electrons. The van der Waals surface area contributed by atoms with Gasteiger partial charge in [-0.3, -0.25) is 9.59 Å². The fourth-order valence-corrected chi connectivity index (χ4v) is 2.64. The maximum Gasteiger partial charge on any atom is 0.307 e. The number of rotatable bonds is 7. The Morgan fingerprint density at radius 2 is 2.04 bits per heavy atom. The highest BCUT2D eigenvalue weighted by Crippen LogP contribution is 2.17. The summed E-state index contributed by atoms with van der Waals surface area (Å²) in [6.07, 6.45) is 2.84. The average Bonchev–Trinajstić information content (AvgIpc) is 2.93. The maximum atomic E-state index is 12.3. The summed E-state index contributed by atoms with van der Waals surface area (Å²) in [7, 11) is 1.36. The largest absolute Gasteiger partial charge is 0.469 e. The molecule has 0 aliphatic rings. The number of esters is 1. The Hall–Kier alpha value is -2.30. The number of carbonyl (C=O) groups excluding carboxylic acids is 2. The van der Waals surface area contributed by atoms with Gasteiger partial charge in [-0.1, -0.05) is 19.9 Å². The number of ether oxygens (including phenoxy) is 1. The Balaban J connectivity index is 1.98. The Morgan fingerprint density at radius 1 is 1.26 bits per heavy atom. The van der Waals surface area contributed by atoms with Gasteiger partial charge in [-0.2, -0.15) is 0 Å². The van der Waals surface area contributed by atoms with Crippen LogP contribution in [0, 0.1) is 5.92 Å². The smallest absolute Gasteiger partial charge is 0.307 e. The van der Waals surface area contributed by atoms with Gasteiger partial charge < -0.3 is 14.5 Å². The molecule has 5 heteroatoms. The van der Waals surface area contributed by atoms with Crippen LogP contribution in [0.25, 0.3) is 11.0 Å². The fraction of sp³-hybridized carbons (Fsp3) is 0.444. The van der Waals surface area contributed by atoms with Crippen molar-refractivity contribution in [3.05, 3.63) is 36.1 Å². The molecule has 0 fully saturated rings. The molecule has 0 bridgehead atoms. The van der Waals surface area contributed by atoms with Gasteiger partial charge in [0.05, 0.1) is 26.2 Å². The SMILES string of the molecule is COC(=O)C[C@@H](CC(C)C)NC(=O)Cc1ccc2occc2c1. The van der Waals surface area contributed by atoms with Crippen LogP contribution in [0.1, 0.15) is 32.3 Å². The topological polar surface area (TPSA) is 68.5 Å². The molecule has 0 unspecified atom stereocenters. The van der Waals surface area contributed by atoms with E-state index in [0.717, 1.165) is 23.0 Å². The summed E-state index contributed by atoms with van der Waals surface area (Å²) in [5.74, 6) is -0.0228. The molecule has 0 saturated carbocycles. The third kappa shape index (κ3) is 5.13.